The summed E-state index contributed by atoms with van der Waals surface area (Å²) in [6.45, 7) is 2.08. The van der Waals surface area contributed by atoms with Crippen LogP contribution in [0.25, 0.3) is 6.08 Å². The molecule has 0 spiro atoms. The molecule has 0 saturated carbocycles. The number of aryl methyl sites for hydroxylation is 1. The summed E-state index contributed by atoms with van der Waals surface area (Å²) >= 11 is 6.51. The van der Waals surface area contributed by atoms with Gasteiger partial charge in [0.1, 0.15) is 0 Å². The van der Waals surface area contributed by atoms with E-state index in [9.17, 15) is 14.7 Å². The molecule has 126 valence electrons. The van der Waals surface area contributed by atoms with Crippen molar-refractivity contribution in [2.75, 3.05) is 4.90 Å². The average Bonchev–Trinajstić information content (AvgIpc) is 2.89. The highest BCUT2D eigenvalue weighted by Crippen LogP contribution is 2.36. The summed E-state index contributed by atoms with van der Waals surface area (Å²) in [4.78, 5) is 25.6. The second kappa shape index (κ2) is 7.21. The molecule has 1 aliphatic heterocycles. The van der Waals surface area contributed by atoms with Crippen molar-refractivity contribution < 1.29 is 14.7 Å². The first kappa shape index (κ1) is 17.4. The summed E-state index contributed by atoms with van der Waals surface area (Å²) < 4.78 is 0.372. The van der Waals surface area contributed by atoms with Gasteiger partial charge in [-0.25, -0.2) is 0 Å². The van der Waals surface area contributed by atoms with Gasteiger partial charge in [-0.2, -0.15) is 0 Å². The Hall–Kier alpha value is -2.44. The van der Waals surface area contributed by atoms with E-state index in [0.29, 0.717) is 14.9 Å². The number of hydrogen-bond acceptors (Lipinski definition) is 5. The molecule has 0 unspecified atom stereocenters. The standard InChI is InChI=1S/C19H15NO3S2/c1-2-12-6-8-13(9-7-12)10-16-17(21)20(19(24)25-16)15-5-3-4-14(11-15)18(22)23/h3-11H,2H2,1H3,(H,22,23)/p-1/b16-10+. The number of thioether (sulfide) groups is 1. The van der Waals surface area contributed by atoms with Crippen LogP contribution in [-0.4, -0.2) is 16.2 Å². The normalized spacial score (nSPS) is 15.9. The van der Waals surface area contributed by atoms with Gasteiger partial charge in [0.25, 0.3) is 5.91 Å². The van der Waals surface area contributed by atoms with Gasteiger partial charge in [-0.3, -0.25) is 9.69 Å². The summed E-state index contributed by atoms with van der Waals surface area (Å²) in [5, 5.41) is 11.0. The quantitative estimate of drug-likeness (QED) is 0.613. The highest BCUT2D eigenvalue weighted by molar-refractivity contribution is 8.27. The zero-order chi connectivity index (χ0) is 18.0. The first-order valence-electron chi connectivity index (χ1n) is 7.68. The van der Waals surface area contributed by atoms with Crippen molar-refractivity contribution in [3.8, 4) is 0 Å². The monoisotopic (exact) mass is 368 g/mol. The van der Waals surface area contributed by atoms with E-state index in [1.54, 1.807) is 18.2 Å². The number of anilines is 1. The van der Waals surface area contributed by atoms with Gasteiger partial charge in [0.2, 0.25) is 0 Å². The number of carbonyl (C=O) groups is 2. The second-order valence-electron chi connectivity index (χ2n) is 5.45. The SMILES string of the molecule is CCc1ccc(/C=C2/SC(=S)N(c3cccc(C(=O)[O-])c3)C2=O)cc1. The number of rotatable bonds is 4. The highest BCUT2D eigenvalue weighted by atomic mass is 32.2. The largest absolute Gasteiger partial charge is 0.545 e. The number of benzene rings is 2. The Balaban J connectivity index is 1.90. The fourth-order valence-corrected chi connectivity index (χ4v) is 3.76. The zero-order valence-electron chi connectivity index (χ0n) is 13.4. The van der Waals surface area contributed by atoms with Gasteiger partial charge >= 0.3 is 0 Å². The molecule has 2 aromatic carbocycles. The molecule has 1 heterocycles. The van der Waals surface area contributed by atoms with E-state index in [1.165, 1.54) is 34.4 Å². The molecule has 2 aromatic rings. The minimum absolute atomic E-state index is 0.00526. The Kier molecular flexibility index (Phi) is 5.01. The van der Waals surface area contributed by atoms with Crippen LogP contribution >= 0.6 is 24.0 Å². The predicted molar refractivity (Wildman–Crippen MR) is 102 cm³/mol. The lowest BCUT2D eigenvalue weighted by atomic mass is 10.1. The van der Waals surface area contributed by atoms with Crippen LogP contribution in [0, 0.1) is 0 Å². The molecule has 0 aliphatic carbocycles. The summed E-state index contributed by atoms with van der Waals surface area (Å²) in [5.74, 6) is -1.55. The van der Waals surface area contributed by atoms with Crippen molar-refractivity contribution in [1.82, 2.24) is 0 Å². The Morgan fingerprint density at radius 2 is 1.96 bits per heavy atom. The smallest absolute Gasteiger partial charge is 0.270 e. The maximum absolute atomic E-state index is 12.7. The number of amides is 1. The van der Waals surface area contributed by atoms with Gasteiger partial charge in [0.05, 0.1) is 16.6 Å². The van der Waals surface area contributed by atoms with E-state index in [2.05, 4.69) is 6.92 Å². The molecule has 0 N–H and O–H groups in total. The number of carbonyl (C=O) groups excluding carboxylic acids is 2. The number of carboxylic acid groups (broad SMARTS) is 1. The molecule has 1 saturated heterocycles. The highest BCUT2D eigenvalue weighted by Gasteiger charge is 2.33. The predicted octanol–water partition coefficient (Wildman–Crippen LogP) is 3.02. The molecule has 1 fully saturated rings. The van der Waals surface area contributed by atoms with Crippen LogP contribution in [0.3, 0.4) is 0 Å². The van der Waals surface area contributed by atoms with Gasteiger partial charge in [0.15, 0.2) is 4.32 Å². The fraction of sp³-hybridized carbons (Fsp3) is 0.105. The van der Waals surface area contributed by atoms with Crippen LogP contribution in [-0.2, 0) is 11.2 Å². The van der Waals surface area contributed by atoms with Crippen LogP contribution in [0.4, 0.5) is 5.69 Å². The molecule has 3 rings (SSSR count). The van der Waals surface area contributed by atoms with Crippen molar-refractivity contribution in [2.45, 2.75) is 13.3 Å². The minimum atomic E-state index is -1.29. The van der Waals surface area contributed by atoms with Crippen LogP contribution in [0.5, 0.6) is 0 Å². The van der Waals surface area contributed by atoms with E-state index < -0.39 is 5.97 Å². The third kappa shape index (κ3) is 3.65. The maximum Gasteiger partial charge on any atom is 0.270 e. The lowest BCUT2D eigenvalue weighted by Crippen LogP contribution is -2.28. The number of carboxylic acids is 1. The first-order chi connectivity index (χ1) is 12.0. The Labute approximate surface area is 155 Å². The van der Waals surface area contributed by atoms with Crippen LogP contribution in [0.15, 0.2) is 53.4 Å². The molecule has 0 bridgehead atoms. The van der Waals surface area contributed by atoms with Crippen molar-refractivity contribution >= 4 is 51.9 Å². The Morgan fingerprint density at radius 3 is 2.60 bits per heavy atom. The molecule has 0 aromatic heterocycles. The molecule has 25 heavy (non-hydrogen) atoms. The van der Waals surface area contributed by atoms with Crippen molar-refractivity contribution in [3.05, 3.63) is 70.1 Å². The summed E-state index contributed by atoms with van der Waals surface area (Å²) in [6.07, 6.45) is 2.75. The van der Waals surface area contributed by atoms with E-state index in [0.717, 1.165) is 12.0 Å². The van der Waals surface area contributed by atoms with Gasteiger partial charge in [0, 0.05) is 0 Å². The summed E-state index contributed by atoms with van der Waals surface area (Å²) in [5.41, 5.74) is 2.57. The van der Waals surface area contributed by atoms with E-state index in [4.69, 9.17) is 12.2 Å². The topological polar surface area (TPSA) is 60.4 Å². The van der Waals surface area contributed by atoms with E-state index in [1.807, 2.05) is 24.3 Å². The zero-order valence-corrected chi connectivity index (χ0v) is 15.0. The number of aromatic carboxylic acids is 1. The van der Waals surface area contributed by atoms with Crippen LogP contribution in [0.1, 0.15) is 28.4 Å². The lowest BCUT2D eigenvalue weighted by Gasteiger charge is -2.15. The molecule has 1 amide bonds. The molecular formula is C19H14NO3S2-. The number of hydrogen-bond donors (Lipinski definition) is 0. The van der Waals surface area contributed by atoms with Crippen molar-refractivity contribution in [1.29, 1.82) is 0 Å². The van der Waals surface area contributed by atoms with Gasteiger partial charge in [-0.15, -0.1) is 0 Å². The second-order valence-corrected chi connectivity index (χ2v) is 7.13. The summed E-state index contributed by atoms with van der Waals surface area (Å²) in [6, 6.07) is 14.0. The third-order valence-corrected chi connectivity index (χ3v) is 5.12. The van der Waals surface area contributed by atoms with Gasteiger partial charge < -0.3 is 9.90 Å². The minimum Gasteiger partial charge on any atom is -0.545 e. The summed E-state index contributed by atoms with van der Waals surface area (Å²) in [7, 11) is 0. The molecule has 0 atom stereocenters. The van der Waals surface area contributed by atoms with Crippen molar-refractivity contribution in [2.24, 2.45) is 0 Å². The maximum atomic E-state index is 12.7. The fourth-order valence-electron chi connectivity index (χ4n) is 2.46. The van der Waals surface area contributed by atoms with Crippen molar-refractivity contribution in [3.63, 3.8) is 0 Å². The average molecular weight is 368 g/mol. The number of thiocarbonyl (C=S) groups is 1. The van der Waals surface area contributed by atoms with E-state index in [-0.39, 0.29) is 11.5 Å². The third-order valence-electron chi connectivity index (χ3n) is 3.82. The van der Waals surface area contributed by atoms with Crippen LogP contribution in [0.2, 0.25) is 0 Å². The van der Waals surface area contributed by atoms with Crippen LogP contribution < -0.4 is 10.0 Å². The molecule has 4 nitrogen and oxygen atoms in total. The molecule has 6 heteroatoms. The Morgan fingerprint density at radius 1 is 1.24 bits per heavy atom. The van der Waals surface area contributed by atoms with Gasteiger partial charge in [-0.05, 0) is 41.3 Å². The lowest BCUT2D eigenvalue weighted by molar-refractivity contribution is -0.255. The molecular weight excluding hydrogens is 354 g/mol. The molecule has 1 aliphatic rings. The van der Waals surface area contributed by atoms with E-state index >= 15 is 0 Å². The Bertz CT molecular complexity index is 888. The van der Waals surface area contributed by atoms with Gasteiger partial charge in [-0.1, -0.05) is 67.3 Å². The molecule has 0 radical (unpaired) electrons. The first-order valence-corrected chi connectivity index (χ1v) is 8.90. The number of nitrogens with zero attached hydrogens (tertiary/aromatic N) is 1.